The molecule has 1 aliphatic heterocycles. The monoisotopic (exact) mass is 453 g/mol. The maximum absolute atomic E-state index is 13.1. The molecule has 166 valence electrons. The smallest absolute Gasteiger partial charge is 0.254 e. The highest BCUT2D eigenvalue weighted by molar-refractivity contribution is 6.30. The van der Waals surface area contributed by atoms with Gasteiger partial charge in [-0.1, -0.05) is 23.7 Å². The van der Waals surface area contributed by atoms with Crippen LogP contribution in [0.4, 0.5) is 0 Å². The van der Waals surface area contributed by atoms with Crippen LogP contribution in [0.5, 0.6) is 23.0 Å². The molecule has 0 fully saturated rings. The third-order valence-electron chi connectivity index (χ3n) is 5.40. The minimum absolute atomic E-state index is 0.0977. The molecule has 4 rings (SSSR count). The van der Waals surface area contributed by atoms with Crippen LogP contribution in [0.1, 0.15) is 15.9 Å². The summed E-state index contributed by atoms with van der Waals surface area (Å²) in [5.41, 5.74) is 3.26. The Morgan fingerprint density at radius 3 is 2.38 bits per heavy atom. The van der Waals surface area contributed by atoms with E-state index in [-0.39, 0.29) is 5.91 Å². The molecule has 0 atom stereocenters. The van der Waals surface area contributed by atoms with Crippen molar-refractivity contribution in [3.05, 3.63) is 70.7 Å². The summed E-state index contributed by atoms with van der Waals surface area (Å²) in [5, 5.41) is 0.528. The molecule has 0 aromatic heterocycles. The van der Waals surface area contributed by atoms with E-state index in [0.29, 0.717) is 53.3 Å². The molecule has 0 aliphatic carbocycles. The molecular formula is C25H24ClNO5. The van der Waals surface area contributed by atoms with Crippen molar-refractivity contribution in [2.24, 2.45) is 0 Å². The Morgan fingerprint density at radius 2 is 1.66 bits per heavy atom. The number of carbonyl (C=O) groups excluding carboxylic acids is 1. The first-order valence-electron chi connectivity index (χ1n) is 10.1. The van der Waals surface area contributed by atoms with Crippen molar-refractivity contribution in [3.8, 4) is 34.1 Å². The van der Waals surface area contributed by atoms with Crippen LogP contribution in [0, 0.1) is 0 Å². The first-order valence-corrected chi connectivity index (χ1v) is 10.5. The summed E-state index contributed by atoms with van der Waals surface area (Å²) in [7, 11) is 4.81. The lowest BCUT2D eigenvalue weighted by Crippen LogP contribution is -2.32. The number of hydrogen-bond acceptors (Lipinski definition) is 5. The Hall–Kier alpha value is -3.38. The lowest BCUT2D eigenvalue weighted by atomic mass is 10.0. The van der Waals surface area contributed by atoms with Crippen LogP contribution in [0.15, 0.2) is 54.6 Å². The second-order valence-electron chi connectivity index (χ2n) is 7.32. The number of methoxy groups -OCH3 is 3. The molecule has 0 saturated heterocycles. The summed E-state index contributed by atoms with van der Waals surface area (Å²) < 4.78 is 22.4. The van der Waals surface area contributed by atoms with Gasteiger partial charge in [0.1, 0.15) is 6.61 Å². The van der Waals surface area contributed by atoms with Gasteiger partial charge in [-0.05, 0) is 53.6 Å². The van der Waals surface area contributed by atoms with E-state index >= 15 is 0 Å². The van der Waals surface area contributed by atoms with Gasteiger partial charge < -0.3 is 23.8 Å². The SMILES string of the molecule is COc1ccc(-c2cc3c(c(OC)c2)OCCN(C(=O)c2cccc(Cl)c2)C3)cc1OC. The highest BCUT2D eigenvalue weighted by atomic mass is 35.5. The third-order valence-corrected chi connectivity index (χ3v) is 5.63. The predicted octanol–water partition coefficient (Wildman–Crippen LogP) is 5.07. The zero-order valence-corrected chi connectivity index (χ0v) is 18.9. The molecule has 0 spiro atoms. The van der Waals surface area contributed by atoms with Gasteiger partial charge in [-0.2, -0.15) is 0 Å². The third kappa shape index (κ3) is 4.32. The maximum atomic E-state index is 13.1. The van der Waals surface area contributed by atoms with Gasteiger partial charge in [-0.25, -0.2) is 0 Å². The van der Waals surface area contributed by atoms with Gasteiger partial charge in [0.05, 0.1) is 27.9 Å². The minimum Gasteiger partial charge on any atom is -0.493 e. The Kier molecular flexibility index (Phi) is 6.42. The highest BCUT2D eigenvalue weighted by Gasteiger charge is 2.24. The second-order valence-corrected chi connectivity index (χ2v) is 7.76. The van der Waals surface area contributed by atoms with Crippen LogP contribution in [-0.2, 0) is 6.54 Å². The number of benzene rings is 3. The molecule has 7 heteroatoms. The van der Waals surface area contributed by atoms with E-state index in [0.717, 1.165) is 16.7 Å². The van der Waals surface area contributed by atoms with E-state index in [1.807, 2.05) is 30.3 Å². The average molecular weight is 454 g/mol. The van der Waals surface area contributed by atoms with E-state index in [1.165, 1.54) is 0 Å². The highest BCUT2D eigenvalue weighted by Crippen LogP contribution is 2.40. The fourth-order valence-corrected chi connectivity index (χ4v) is 3.99. The van der Waals surface area contributed by atoms with Crippen LogP contribution >= 0.6 is 11.6 Å². The van der Waals surface area contributed by atoms with Crippen LogP contribution in [0.2, 0.25) is 5.02 Å². The van der Waals surface area contributed by atoms with Crippen LogP contribution in [-0.4, -0.2) is 45.3 Å². The second kappa shape index (κ2) is 9.40. The van der Waals surface area contributed by atoms with E-state index in [9.17, 15) is 4.79 Å². The summed E-state index contributed by atoms with van der Waals surface area (Å²) in [5.74, 6) is 2.45. The topological polar surface area (TPSA) is 57.2 Å². The van der Waals surface area contributed by atoms with Gasteiger partial charge in [0.25, 0.3) is 5.91 Å². The number of ether oxygens (including phenoxy) is 4. The summed E-state index contributed by atoms with van der Waals surface area (Å²) in [6.07, 6.45) is 0. The summed E-state index contributed by atoms with van der Waals surface area (Å²) in [6.45, 7) is 1.21. The van der Waals surface area contributed by atoms with Gasteiger partial charge >= 0.3 is 0 Å². The number of carbonyl (C=O) groups is 1. The molecule has 1 aliphatic rings. The average Bonchev–Trinajstić information content (AvgIpc) is 3.05. The molecule has 3 aromatic rings. The van der Waals surface area contributed by atoms with Crippen LogP contribution in [0.25, 0.3) is 11.1 Å². The lowest BCUT2D eigenvalue weighted by molar-refractivity contribution is 0.0733. The van der Waals surface area contributed by atoms with Crippen LogP contribution < -0.4 is 18.9 Å². The van der Waals surface area contributed by atoms with Gasteiger partial charge in [0.2, 0.25) is 0 Å². The lowest BCUT2D eigenvalue weighted by Gasteiger charge is -2.20. The van der Waals surface area contributed by atoms with Crippen molar-refractivity contribution in [2.45, 2.75) is 6.54 Å². The first kappa shape index (κ1) is 21.8. The fraction of sp³-hybridized carbons (Fsp3) is 0.240. The minimum atomic E-state index is -0.0977. The number of hydrogen-bond donors (Lipinski definition) is 0. The van der Waals surface area contributed by atoms with Gasteiger partial charge in [0.15, 0.2) is 23.0 Å². The molecule has 0 bridgehead atoms. The number of rotatable bonds is 5. The van der Waals surface area contributed by atoms with E-state index in [4.69, 9.17) is 30.5 Å². The quantitative estimate of drug-likeness (QED) is 0.540. The van der Waals surface area contributed by atoms with Gasteiger partial charge in [-0.3, -0.25) is 4.79 Å². The normalized spacial score (nSPS) is 12.9. The molecule has 32 heavy (non-hydrogen) atoms. The molecule has 6 nitrogen and oxygen atoms in total. The number of halogens is 1. The molecule has 0 unspecified atom stereocenters. The largest absolute Gasteiger partial charge is 0.493 e. The fourth-order valence-electron chi connectivity index (χ4n) is 3.80. The maximum Gasteiger partial charge on any atom is 0.254 e. The summed E-state index contributed by atoms with van der Waals surface area (Å²) in [6, 6.07) is 16.6. The Labute approximate surface area is 192 Å². The van der Waals surface area contributed by atoms with Gasteiger partial charge in [-0.15, -0.1) is 0 Å². The van der Waals surface area contributed by atoms with Crippen LogP contribution in [0.3, 0.4) is 0 Å². The molecule has 3 aromatic carbocycles. The standard InChI is InChI=1S/C25H24ClNO5/c1-29-21-8-7-16(13-22(21)30-2)18-11-19-15-27(9-10-32-24(19)23(14-18)31-3)25(28)17-5-4-6-20(26)12-17/h4-8,11-14H,9-10,15H2,1-3H3. The molecule has 0 N–H and O–H groups in total. The number of nitrogens with zero attached hydrogens (tertiary/aromatic N) is 1. The van der Waals surface area contributed by atoms with Crippen molar-refractivity contribution in [1.29, 1.82) is 0 Å². The van der Waals surface area contributed by atoms with E-state index in [2.05, 4.69) is 0 Å². The molecule has 0 radical (unpaired) electrons. The zero-order chi connectivity index (χ0) is 22.7. The van der Waals surface area contributed by atoms with Crippen molar-refractivity contribution in [3.63, 3.8) is 0 Å². The van der Waals surface area contributed by atoms with Gasteiger partial charge in [0, 0.05) is 22.7 Å². The summed E-state index contributed by atoms with van der Waals surface area (Å²) >= 11 is 6.08. The van der Waals surface area contributed by atoms with Crippen molar-refractivity contribution in [2.75, 3.05) is 34.5 Å². The summed E-state index contributed by atoms with van der Waals surface area (Å²) in [4.78, 5) is 14.9. The van der Waals surface area contributed by atoms with Crippen molar-refractivity contribution in [1.82, 2.24) is 4.90 Å². The Bertz CT molecular complexity index is 1150. The molecular weight excluding hydrogens is 430 g/mol. The van der Waals surface area contributed by atoms with Crippen molar-refractivity contribution >= 4 is 17.5 Å². The first-order chi connectivity index (χ1) is 15.5. The molecule has 0 saturated carbocycles. The number of fused-ring (bicyclic) bond motifs is 1. The number of amides is 1. The van der Waals surface area contributed by atoms with E-state index in [1.54, 1.807) is 50.5 Å². The van der Waals surface area contributed by atoms with Crippen molar-refractivity contribution < 1.29 is 23.7 Å². The Balaban J connectivity index is 1.72. The Morgan fingerprint density at radius 1 is 0.906 bits per heavy atom. The van der Waals surface area contributed by atoms with E-state index < -0.39 is 0 Å². The molecule has 1 amide bonds. The predicted molar refractivity (Wildman–Crippen MR) is 123 cm³/mol. The zero-order valence-electron chi connectivity index (χ0n) is 18.2. The molecule has 1 heterocycles.